The normalized spacial score (nSPS) is 16.8. The SMILES string of the molecule is COC(=O)C(C)(C)CN1CCN(c2ccc(N)cc2)CC1. The molecule has 0 aliphatic carbocycles. The average molecular weight is 291 g/mol. The summed E-state index contributed by atoms with van der Waals surface area (Å²) in [6.07, 6.45) is 0. The lowest BCUT2D eigenvalue weighted by molar-refractivity contribution is -0.151. The van der Waals surface area contributed by atoms with Crippen molar-refractivity contribution in [3.05, 3.63) is 24.3 Å². The molecule has 1 aliphatic rings. The molecule has 1 heterocycles. The number of anilines is 2. The molecule has 1 aliphatic heterocycles. The van der Waals surface area contributed by atoms with Crippen molar-refractivity contribution in [3.63, 3.8) is 0 Å². The van der Waals surface area contributed by atoms with Crippen molar-refractivity contribution in [1.82, 2.24) is 4.90 Å². The number of hydrogen-bond acceptors (Lipinski definition) is 5. The third-order valence-electron chi connectivity index (χ3n) is 3.99. The second kappa shape index (κ2) is 6.35. The van der Waals surface area contributed by atoms with Crippen molar-refractivity contribution in [2.24, 2.45) is 5.41 Å². The number of nitrogen functional groups attached to an aromatic ring is 1. The largest absolute Gasteiger partial charge is 0.469 e. The third-order valence-corrected chi connectivity index (χ3v) is 3.99. The Morgan fingerprint density at radius 1 is 1.19 bits per heavy atom. The van der Waals surface area contributed by atoms with Crippen LogP contribution in [0.15, 0.2) is 24.3 Å². The van der Waals surface area contributed by atoms with Crippen LogP contribution in [0, 0.1) is 5.41 Å². The van der Waals surface area contributed by atoms with E-state index in [0.29, 0.717) is 0 Å². The Labute approximate surface area is 126 Å². The van der Waals surface area contributed by atoms with Gasteiger partial charge in [0.1, 0.15) is 0 Å². The van der Waals surface area contributed by atoms with E-state index >= 15 is 0 Å². The summed E-state index contributed by atoms with van der Waals surface area (Å²) < 4.78 is 4.87. The number of hydrogen-bond donors (Lipinski definition) is 1. The van der Waals surface area contributed by atoms with Gasteiger partial charge in [0.25, 0.3) is 0 Å². The molecule has 5 nitrogen and oxygen atoms in total. The standard InChI is InChI=1S/C16H25N3O2/c1-16(2,15(20)21-3)12-18-8-10-19(11-9-18)14-6-4-13(17)5-7-14/h4-7H,8-12,17H2,1-3H3. The molecular weight excluding hydrogens is 266 g/mol. The van der Waals surface area contributed by atoms with Crippen LogP contribution in [0.4, 0.5) is 11.4 Å². The van der Waals surface area contributed by atoms with Gasteiger partial charge in [-0.3, -0.25) is 9.69 Å². The third kappa shape index (κ3) is 3.88. The van der Waals surface area contributed by atoms with Gasteiger partial charge < -0.3 is 15.4 Å². The van der Waals surface area contributed by atoms with E-state index in [4.69, 9.17) is 10.5 Å². The van der Waals surface area contributed by atoms with Crippen LogP contribution >= 0.6 is 0 Å². The second-order valence-corrected chi connectivity index (χ2v) is 6.23. The Kier molecular flexibility index (Phi) is 4.73. The fourth-order valence-corrected chi connectivity index (χ4v) is 2.75. The highest BCUT2D eigenvalue weighted by molar-refractivity contribution is 5.76. The molecule has 0 atom stereocenters. The lowest BCUT2D eigenvalue weighted by Crippen LogP contribution is -2.50. The summed E-state index contributed by atoms with van der Waals surface area (Å²) in [5.41, 5.74) is 7.25. The van der Waals surface area contributed by atoms with Gasteiger partial charge in [0, 0.05) is 44.1 Å². The van der Waals surface area contributed by atoms with Crippen LogP contribution in [-0.2, 0) is 9.53 Å². The number of ether oxygens (including phenoxy) is 1. The molecule has 21 heavy (non-hydrogen) atoms. The van der Waals surface area contributed by atoms with Crippen LogP contribution in [0.3, 0.4) is 0 Å². The molecule has 0 spiro atoms. The number of carbonyl (C=O) groups is 1. The van der Waals surface area contributed by atoms with Gasteiger partial charge in [-0.05, 0) is 38.1 Å². The molecule has 1 fully saturated rings. The van der Waals surface area contributed by atoms with Crippen LogP contribution in [0.2, 0.25) is 0 Å². The molecule has 1 aromatic carbocycles. The highest BCUT2D eigenvalue weighted by Crippen LogP contribution is 2.22. The van der Waals surface area contributed by atoms with Crippen molar-refractivity contribution < 1.29 is 9.53 Å². The number of benzene rings is 1. The lowest BCUT2D eigenvalue weighted by Gasteiger charge is -2.38. The molecular formula is C16H25N3O2. The number of nitrogens with two attached hydrogens (primary N) is 1. The number of nitrogens with zero attached hydrogens (tertiary/aromatic N) is 2. The average Bonchev–Trinajstić information content (AvgIpc) is 2.47. The minimum Gasteiger partial charge on any atom is -0.469 e. The number of rotatable bonds is 4. The van der Waals surface area contributed by atoms with Crippen molar-refractivity contribution >= 4 is 17.3 Å². The summed E-state index contributed by atoms with van der Waals surface area (Å²) in [5.74, 6) is -0.150. The van der Waals surface area contributed by atoms with Gasteiger partial charge in [-0.2, -0.15) is 0 Å². The first-order chi connectivity index (χ1) is 9.92. The van der Waals surface area contributed by atoms with Crippen molar-refractivity contribution in [1.29, 1.82) is 0 Å². The summed E-state index contributed by atoms with van der Waals surface area (Å²) in [6, 6.07) is 7.98. The predicted octanol–water partition coefficient (Wildman–Crippen LogP) is 1.59. The summed E-state index contributed by atoms with van der Waals surface area (Å²) in [5, 5.41) is 0. The molecule has 0 bridgehead atoms. The van der Waals surface area contributed by atoms with Crippen molar-refractivity contribution in [3.8, 4) is 0 Å². The maximum atomic E-state index is 11.8. The first kappa shape index (κ1) is 15.6. The summed E-state index contributed by atoms with van der Waals surface area (Å²) in [6.45, 7) is 8.42. The minimum atomic E-state index is -0.460. The maximum absolute atomic E-state index is 11.8. The smallest absolute Gasteiger partial charge is 0.312 e. The van der Waals surface area contributed by atoms with Gasteiger partial charge in [-0.25, -0.2) is 0 Å². The first-order valence-electron chi connectivity index (χ1n) is 7.33. The molecule has 2 N–H and O–H groups in total. The minimum absolute atomic E-state index is 0.150. The monoisotopic (exact) mass is 291 g/mol. The van der Waals surface area contributed by atoms with E-state index in [-0.39, 0.29) is 5.97 Å². The van der Waals surface area contributed by atoms with E-state index < -0.39 is 5.41 Å². The molecule has 0 amide bonds. The van der Waals surface area contributed by atoms with E-state index in [1.807, 2.05) is 26.0 Å². The van der Waals surface area contributed by atoms with E-state index in [9.17, 15) is 4.79 Å². The topological polar surface area (TPSA) is 58.8 Å². The Morgan fingerprint density at radius 3 is 2.29 bits per heavy atom. The molecule has 1 saturated heterocycles. The Morgan fingerprint density at radius 2 is 1.76 bits per heavy atom. The van der Waals surface area contributed by atoms with E-state index in [0.717, 1.165) is 38.4 Å². The van der Waals surface area contributed by atoms with Crippen LogP contribution in [-0.4, -0.2) is 50.7 Å². The Balaban J connectivity index is 1.88. The lowest BCUT2D eigenvalue weighted by atomic mass is 9.92. The van der Waals surface area contributed by atoms with Gasteiger partial charge in [-0.1, -0.05) is 0 Å². The van der Waals surface area contributed by atoms with Crippen molar-refractivity contribution in [2.45, 2.75) is 13.8 Å². The van der Waals surface area contributed by atoms with Gasteiger partial charge in [0.05, 0.1) is 12.5 Å². The second-order valence-electron chi connectivity index (χ2n) is 6.23. The maximum Gasteiger partial charge on any atom is 0.312 e. The molecule has 0 radical (unpaired) electrons. The zero-order chi connectivity index (χ0) is 15.5. The van der Waals surface area contributed by atoms with Gasteiger partial charge in [0.2, 0.25) is 0 Å². The Bertz CT molecular complexity index is 477. The van der Waals surface area contributed by atoms with E-state index in [1.54, 1.807) is 0 Å². The number of esters is 1. The van der Waals surface area contributed by atoms with Crippen LogP contribution < -0.4 is 10.6 Å². The molecule has 0 unspecified atom stereocenters. The highest BCUT2D eigenvalue weighted by atomic mass is 16.5. The molecule has 0 aromatic heterocycles. The first-order valence-corrected chi connectivity index (χ1v) is 7.33. The molecule has 116 valence electrons. The summed E-state index contributed by atoms with van der Waals surface area (Å²) in [4.78, 5) is 16.4. The van der Waals surface area contributed by atoms with Crippen LogP contribution in [0.5, 0.6) is 0 Å². The highest BCUT2D eigenvalue weighted by Gasteiger charge is 2.32. The van der Waals surface area contributed by atoms with Gasteiger partial charge in [0.15, 0.2) is 0 Å². The summed E-state index contributed by atoms with van der Waals surface area (Å²) in [7, 11) is 1.45. The quantitative estimate of drug-likeness (QED) is 0.674. The van der Waals surface area contributed by atoms with Gasteiger partial charge >= 0.3 is 5.97 Å². The molecule has 2 rings (SSSR count). The molecule has 0 saturated carbocycles. The zero-order valence-electron chi connectivity index (χ0n) is 13.1. The fourth-order valence-electron chi connectivity index (χ4n) is 2.75. The fraction of sp³-hybridized carbons (Fsp3) is 0.562. The zero-order valence-corrected chi connectivity index (χ0v) is 13.1. The summed E-state index contributed by atoms with van der Waals surface area (Å²) >= 11 is 0. The number of methoxy groups -OCH3 is 1. The number of piperazine rings is 1. The van der Waals surface area contributed by atoms with E-state index in [1.165, 1.54) is 12.8 Å². The number of carbonyl (C=O) groups excluding carboxylic acids is 1. The van der Waals surface area contributed by atoms with Crippen LogP contribution in [0.25, 0.3) is 0 Å². The van der Waals surface area contributed by atoms with E-state index in [2.05, 4.69) is 21.9 Å². The van der Waals surface area contributed by atoms with Crippen LogP contribution in [0.1, 0.15) is 13.8 Å². The molecule has 1 aromatic rings. The van der Waals surface area contributed by atoms with Gasteiger partial charge in [-0.15, -0.1) is 0 Å². The molecule has 5 heteroatoms. The Hall–Kier alpha value is -1.75. The predicted molar refractivity (Wildman–Crippen MR) is 85.3 cm³/mol. The van der Waals surface area contributed by atoms with Crippen molar-refractivity contribution in [2.75, 3.05) is 50.5 Å².